The van der Waals surface area contributed by atoms with Crippen molar-refractivity contribution in [3.63, 3.8) is 0 Å². The number of halogens is 2. The molecule has 3 heterocycles. The number of pyridine rings is 2. The minimum atomic E-state index is -0.625. The first-order valence-electron chi connectivity index (χ1n) is 9.39. The zero-order valence-corrected chi connectivity index (χ0v) is 17.8. The van der Waals surface area contributed by atoms with E-state index in [0.29, 0.717) is 39.0 Å². The quantitative estimate of drug-likeness (QED) is 0.486. The molecule has 4 aromatic rings. The molecule has 4 rings (SSSR count). The molecule has 0 aliphatic heterocycles. The summed E-state index contributed by atoms with van der Waals surface area (Å²) >= 11 is 6.40. The number of amides is 2. The number of methoxy groups -OCH3 is 1. The third-order valence-electron chi connectivity index (χ3n) is 4.80. The molecule has 0 aliphatic rings. The minimum absolute atomic E-state index is 0.298. The smallest absolute Gasteiger partial charge is 0.412 e. The molecule has 2 amide bonds. The monoisotopic (exact) mass is 453 g/mol. The summed E-state index contributed by atoms with van der Waals surface area (Å²) in [6, 6.07) is 10.5. The Morgan fingerprint density at radius 3 is 2.53 bits per heavy atom. The van der Waals surface area contributed by atoms with Gasteiger partial charge in [0.1, 0.15) is 11.6 Å². The van der Waals surface area contributed by atoms with E-state index < -0.39 is 6.09 Å². The average molecular weight is 454 g/mol. The molecule has 8 nitrogen and oxygen atoms in total. The number of fused-ring (bicyclic) bond motifs is 1. The number of nitrogens with zero attached hydrogens (tertiary/aromatic N) is 4. The van der Waals surface area contributed by atoms with Crippen molar-refractivity contribution in [2.75, 3.05) is 24.4 Å². The van der Waals surface area contributed by atoms with Gasteiger partial charge in [0.05, 0.1) is 29.6 Å². The maximum atomic E-state index is 13.2. The Balaban J connectivity index is 1.69. The van der Waals surface area contributed by atoms with Gasteiger partial charge in [-0.2, -0.15) is 0 Å². The lowest BCUT2D eigenvalue weighted by molar-refractivity contribution is 0.0992. The van der Waals surface area contributed by atoms with Crippen LogP contribution in [0, 0.1) is 5.82 Å². The molecule has 3 aromatic heterocycles. The van der Waals surface area contributed by atoms with E-state index in [4.69, 9.17) is 11.6 Å². The number of carbonyl (C=O) groups is 2. The average Bonchev–Trinajstić information content (AvgIpc) is 3.23. The summed E-state index contributed by atoms with van der Waals surface area (Å²) in [5.74, 6) is -0.386. The van der Waals surface area contributed by atoms with Crippen LogP contribution in [-0.4, -0.2) is 40.5 Å². The first-order chi connectivity index (χ1) is 15.4. The first kappa shape index (κ1) is 21.3. The number of anilines is 2. The molecule has 0 saturated heterocycles. The molecule has 0 radical (unpaired) electrons. The normalized spacial score (nSPS) is 10.8. The minimum Gasteiger partial charge on any atom is -0.453 e. The summed E-state index contributed by atoms with van der Waals surface area (Å²) in [7, 11) is 2.86. The Hall–Kier alpha value is -3.98. The van der Waals surface area contributed by atoms with Crippen LogP contribution in [0.2, 0.25) is 5.02 Å². The van der Waals surface area contributed by atoms with Crippen LogP contribution in [-0.2, 0) is 4.74 Å². The molecule has 0 bridgehead atoms. The molecular formula is C22H17ClFN5O3. The van der Waals surface area contributed by atoms with Gasteiger partial charge in [0.15, 0.2) is 5.65 Å². The summed E-state index contributed by atoms with van der Waals surface area (Å²) in [6.07, 6.45) is 4.18. The third kappa shape index (κ3) is 4.10. The largest absolute Gasteiger partial charge is 0.453 e. The number of rotatable bonds is 4. The van der Waals surface area contributed by atoms with Crippen molar-refractivity contribution in [1.29, 1.82) is 0 Å². The summed E-state index contributed by atoms with van der Waals surface area (Å²) < 4.78 is 19.5. The van der Waals surface area contributed by atoms with E-state index in [1.807, 2.05) is 0 Å². The van der Waals surface area contributed by atoms with E-state index in [2.05, 4.69) is 20.0 Å². The molecule has 32 heavy (non-hydrogen) atoms. The van der Waals surface area contributed by atoms with Crippen LogP contribution in [0.15, 0.2) is 61.1 Å². The zero-order chi connectivity index (χ0) is 22.8. The highest BCUT2D eigenvalue weighted by Gasteiger charge is 2.18. The molecule has 0 spiro atoms. The van der Waals surface area contributed by atoms with Crippen molar-refractivity contribution in [3.05, 3.63) is 77.5 Å². The topological polar surface area (TPSA) is 88.8 Å². The van der Waals surface area contributed by atoms with E-state index in [1.54, 1.807) is 42.2 Å². The second-order valence-corrected chi connectivity index (χ2v) is 7.21. The van der Waals surface area contributed by atoms with Gasteiger partial charge in [0, 0.05) is 30.7 Å². The van der Waals surface area contributed by atoms with Crippen LogP contribution < -0.4 is 10.2 Å². The predicted octanol–water partition coefficient (Wildman–Crippen LogP) is 4.64. The molecule has 1 N–H and O–H groups in total. The van der Waals surface area contributed by atoms with Crippen LogP contribution in [0.4, 0.5) is 20.7 Å². The fraction of sp³-hybridized carbons (Fsp3) is 0.0909. The Bertz CT molecular complexity index is 1310. The number of hydrogen-bond donors (Lipinski definition) is 1. The number of benzene rings is 1. The van der Waals surface area contributed by atoms with Gasteiger partial charge < -0.3 is 9.64 Å². The first-order valence-corrected chi connectivity index (χ1v) is 9.77. The molecule has 0 atom stereocenters. The molecule has 1 aromatic carbocycles. The number of carbonyl (C=O) groups excluding carboxylic acids is 2. The number of imidazole rings is 1. The van der Waals surface area contributed by atoms with Crippen LogP contribution in [0.5, 0.6) is 0 Å². The van der Waals surface area contributed by atoms with Crippen LogP contribution in [0.3, 0.4) is 0 Å². The fourth-order valence-electron chi connectivity index (χ4n) is 3.13. The van der Waals surface area contributed by atoms with Crippen LogP contribution in [0.25, 0.3) is 16.9 Å². The van der Waals surface area contributed by atoms with Gasteiger partial charge in [-0.1, -0.05) is 11.6 Å². The molecule has 162 valence electrons. The lowest BCUT2D eigenvalue weighted by atomic mass is 10.2. The molecule has 0 saturated carbocycles. The van der Waals surface area contributed by atoms with Gasteiger partial charge in [0.2, 0.25) is 0 Å². The molecule has 0 unspecified atom stereocenters. The fourth-order valence-corrected chi connectivity index (χ4v) is 3.38. The Morgan fingerprint density at radius 1 is 1.12 bits per heavy atom. The highest BCUT2D eigenvalue weighted by Crippen LogP contribution is 2.27. The Kier molecular flexibility index (Phi) is 5.74. The van der Waals surface area contributed by atoms with Gasteiger partial charge in [-0.15, -0.1) is 0 Å². The highest BCUT2D eigenvalue weighted by atomic mass is 35.5. The maximum absolute atomic E-state index is 13.2. The number of nitrogens with one attached hydrogen (secondary N) is 1. The van der Waals surface area contributed by atoms with Crippen molar-refractivity contribution in [2.24, 2.45) is 0 Å². The van der Waals surface area contributed by atoms with Crippen molar-refractivity contribution < 1.29 is 18.7 Å². The Morgan fingerprint density at radius 2 is 1.88 bits per heavy atom. The zero-order valence-electron chi connectivity index (χ0n) is 17.0. The van der Waals surface area contributed by atoms with Crippen molar-refractivity contribution in [1.82, 2.24) is 14.4 Å². The van der Waals surface area contributed by atoms with E-state index in [1.165, 1.54) is 42.3 Å². The SMILES string of the molecule is COC(=O)Nc1ccc(-c2cnc3c(Cl)cc(C(=O)N(C)c4ccc(F)cc4)cn23)cn1. The second-order valence-electron chi connectivity index (χ2n) is 6.80. The van der Waals surface area contributed by atoms with E-state index in [0.717, 1.165) is 0 Å². The molecule has 0 fully saturated rings. The summed E-state index contributed by atoms with van der Waals surface area (Å²) in [5, 5.41) is 2.77. The summed E-state index contributed by atoms with van der Waals surface area (Å²) in [4.78, 5) is 34.3. The Labute approximate surface area is 187 Å². The second kappa shape index (κ2) is 8.64. The van der Waals surface area contributed by atoms with Crippen LogP contribution in [0.1, 0.15) is 10.4 Å². The third-order valence-corrected chi connectivity index (χ3v) is 5.08. The lowest BCUT2D eigenvalue weighted by Crippen LogP contribution is -2.26. The van der Waals surface area contributed by atoms with Crippen LogP contribution >= 0.6 is 11.6 Å². The van der Waals surface area contributed by atoms with Gasteiger partial charge in [0.25, 0.3) is 5.91 Å². The van der Waals surface area contributed by atoms with Gasteiger partial charge in [-0.3, -0.25) is 14.5 Å². The van der Waals surface area contributed by atoms with Crippen molar-refractivity contribution >= 4 is 40.8 Å². The maximum Gasteiger partial charge on any atom is 0.412 e. The standard InChI is InChI=1S/C22H17ClFN5O3/c1-28(16-6-4-15(24)5-7-16)21(30)14-9-17(23)20-26-11-18(29(20)12-14)13-3-8-19(25-10-13)27-22(31)32-2/h3-12H,1-2H3,(H,25,27,31). The number of hydrogen-bond acceptors (Lipinski definition) is 5. The van der Waals surface area contributed by atoms with Gasteiger partial charge in [-0.05, 0) is 42.5 Å². The molecule has 10 heteroatoms. The van der Waals surface area contributed by atoms with Gasteiger partial charge in [-0.25, -0.2) is 19.2 Å². The summed E-state index contributed by atoms with van der Waals surface area (Å²) in [6.45, 7) is 0. The van der Waals surface area contributed by atoms with E-state index in [9.17, 15) is 14.0 Å². The predicted molar refractivity (Wildman–Crippen MR) is 119 cm³/mol. The highest BCUT2D eigenvalue weighted by molar-refractivity contribution is 6.34. The van der Waals surface area contributed by atoms with Crippen molar-refractivity contribution in [2.45, 2.75) is 0 Å². The number of ether oxygens (including phenoxy) is 1. The van der Waals surface area contributed by atoms with E-state index >= 15 is 0 Å². The van der Waals surface area contributed by atoms with Crippen molar-refractivity contribution in [3.8, 4) is 11.3 Å². The molecule has 0 aliphatic carbocycles. The summed E-state index contributed by atoms with van der Waals surface area (Å²) in [5.41, 5.74) is 2.68. The number of aromatic nitrogens is 3. The van der Waals surface area contributed by atoms with E-state index in [-0.39, 0.29) is 11.7 Å². The molecular weight excluding hydrogens is 437 g/mol. The van der Waals surface area contributed by atoms with Gasteiger partial charge >= 0.3 is 6.09 Å². The lowest BCUT2D eigenvalue weighted by Gasteiger charge is -2.18.